The zero-order valence-corrected chi connectivity index (χ0v) is 10.3. The molecule has 0 saturated carbocycles. The highest BCUT2D eigenvalue weighted by atomic mass is 16.2. The van der Waals surface area contributed by atoms with E-state index in [4.69, 9.17) is 0 Å². The lowest BCUT2D eigenvalue weighted by atomic mass is 10.2. The first-order chi connectivity index (χ1) is 8.70. The van der Waals surface area contributed by atoms with Crippen molar-refractivity contribution in [1.29, 1.82) is 0 Å². The average Bonchev–Trinajstić information content (AvgIpc) is 2.90. The first-order valence-corrected chi connectivity index (χ1v) is 5.57. The monoisotopic (exact) mass is 245 g/mol. The van der Waals surface area contributed by atoms with Crippen LogP contribution in [0.5, 0.6) is 0 Å². The summed E-state index contributed by atoms with van der Waals surface area (Å²) in [5, 5.41) is 9.55. The van der Waals surface area contributed by atoms with E-state index < -0.39 is 0 Å². The highest BCUT2D eigenvalue weighted by Crippen LogP contribution is 2.10. The minimum atomic E-state index is -0.117. The van der Waals surface area contributed by atoms with Crippen LogP contribution in [0, 0.1) is 0 Å². The van der Waals surface area contributed by atoms with Crippen LogP contribution < -0.4 is 5.32 Å². The molecular weight excluding hydrogens is 230 g/mol. The van der Waals surface area contributed by atoms with E-state index in [1.165, 1.54) is 0 Å². The van der Waals surface area contributed by atoms with Crippen molar-refractivity contribution >= 4 is 11.6 Å². The van der Waals surface area contributed by atoms with E-state index in [0.717, 1.165) is 11.3 Å². The Morgan fingerprint density at radius 2 is 2.39 bits per heavy atom. The highest BCUT2D eigenvalue weighted by molar-refractivity contribution is 5.92. The van der Waals surface area contributed by atoms with Crippen molar-refractivity contribution in [3.8, 4) is 0 Å². The van der Waals surface area contributed by atoms with E-state index in [2.05, 4.69) is 20.5 Å². The normalized spacial score (nSPS) is 10.1. The zero-order valence-electron chi connectivity index (χ0n) is 10.3. The summed E-state index contributed by atoms with van der Waals surface area (Å²) in [5.41, 5.74) is 2.24. The largest absolute Gasteiger partial charge is 0.388 e. The maximum atomic E-state index is 12.1. The number of H-pyrrole nitrogens is 1. The van der Waals surface area contributed by atoms with Crippen molar-refractivity contribution in [3.63, 3.8) is 0 Å². The molecule has 2 N–H and O–H groups in total. The topological polar surface area (TPSA) is 73.9 Å². The molecule has 0 fully saturated rings. The number of carbonyl (C=O) groups excluding carboxylic acids is 1. The number of nitrogens with one attached hydrogen (secondary N) is 2. The Morgan fingerprint density at radius 1 is 1.56 bits per heavy atom. The van der Waals surface area contributed by atoms with Crippen molar-refractivity contribution in [2.75, 3.05) is 19.4 Å². The number of rotatable bonds is 4. The van der Waals surface area contributed by atoms with Crippen LogP contribution >= 0.6 is 0 Å². The van der Waals surface area contributed by atoms with Crippen LogP contribution in [0.4, 0.5) is 5.69 Å². The average molecular weight is 245 g/mol. The molecular formula is C12H15N5O. The van der Waals surface area contributed by atoms with Crippen LogP contribution in [0.25, 0.3) is 0 Å². The summed E-state index contributed by atoms with van der Waals surface area (Å²) in [6, 6.07) is 3.54. The van der Waals surface area contributed by atoms with Crippen LogP contribution in [-0.2, 0) is 6.54 Å². The molecule has 0 saturated heterocycles. The molecule has 2 heterocycles. The van der Waals surface area contributed by atoms with Gasteiger partial charge >= 0.3 is 0 Å². The number of carbonyl (C=O) groups is 1. The quantitative estimate of drug-likeness (QED) is 0.846. The van der Waals surface area contributed by atoms with Crippen LogP contribution in [0.3, 0.4) is 0 Å². The van der Waals surface area contributed by atoms with Crippen molar-refractivity contribution in [2.24, 2.45) is 0 Å². The van der Waals surface area contributed by atoms with Gasteiger partial charge in [-0.2, -0.15) is 5.10 Å². The van der Waals surface area contributed by atoms with Gasteiger partial charge < -0.3 is 10.2 Å². The van der Waals surface area contributed by atoms with Gasteiger partial charge in [0, 0.05) is 44.3 Å². The van der Waals surface area contributed by atoms with Crippen molar-refractivity contribution in [3.05, 3.63) is 42.0 Å². The minimum Gasteiger partial charge on any atom is -0.388 e. The van der Waals surface area contributed by atoms with Gasteiger partial charge in [-0.15, -0.1) is 0 Å². The molecule has 2 rings (SSSR count). The SMILES string of the molecule is CNc1ccnc(C(=O)N(C)Cc2cn[nH]c2)c1. The lowest BCUT2D eigenvalue weighted by Gasteiger charge is -2.15. The standard InChI is InChI=1S/C12H15N5O/c1-13-10-3-4-14-11(5-10)12(18)17(2)8-9-6-15-16-7-9/h3-7H,8H2,1-2H3,(H,13,14)(H,15,16). The second-order valence-corrected chi connectivity index (χ2v) is 3.95. The molecule has 0 atom stereocenters. The van der Waals surface area contributed by atoms with Gasteiger partial charge in [-0.3, -0.25) is 14.9 Å². The Morgan fingerprint density at radius 3 is 3.06 bits per heavy atom. The fraction of sp³-hybridized carbons (Fsp3) is 0.250. The van der Waals surface area contributed by atoms with E-state index in [0.29, 0.717) is 12.2 Å². The van der Waals surface area contributed by atoms with Crippen LogP contribution in [0.2, 0.25) is 0 Å². The molecule has 2 aromatic heterocycles. The lowest BCUT2D eigenvalue weighted by molar-refractivity contribution is 0.0779. The predicted molar refractivity (Wildman–Crippen MR) is 68.2 cm³/mol. The predicted octanol–water partition coefficient (Wildman–Crippen LogP) is 1.12. The summed E-state index contributed by atoms with van der Waals surface area (Å²) in [6.45, 7) is 0.501. The number of nitrogens with zero attached hydrogens (tertiary/aromatic N) is 3. The van der Waals surface area contributed by atoms with Crippen LogP contribution in [0.15, 0.2) is 30.7 Å². The molecule has 0 spiro atoms. The Bertz CT molecular complexity index is 523. The number of hydrogen-bond acceptors (Lipinski definition) is 4. The molecule has 0 radical (unpaired) electrons. The number of aromatic nitrogens is 3. The van der Waals surface area contributed by atoms with Gasteiger partial charge in [0.05, 0.1) is 6.20 Å². The third kappa shape index (κ3) is 2.65. The summed E-state index contributed by atoms with van der Waals surface area (Å²) < 4.78 is 0. The van der Waals surface area contributed by atoms with Gasteiger partial charge in [0.15, 0.2) is 0 Å². The van der Waals surface area contributed by atoms with Gasteiger partial charge in [-0.05, 0) is 12.1 Å². The van der Waals surface area contributed by atoms with Gasteiger partial charge in [-0.25, -0.2) is 0 Å². The fourth-order valence-electron chi connectivity index (χ4n) is 1.61. The number of anilines is 1. The van der Waals surface area contributed by atoms with Gasteiger partial charge in [0.1, 0.15) is 5.69 Å². The van der Waals surface area contributed by atoms with Crippen molar-refractivity contribution in [2.45, 2.75) is 6.54 Å². The summed E-state index contributed by atoms with van der Waals surface area (Å²) in [5.74, 6) is -0.117. The Labute approximate surface area is 105 Å². The third-order valence-corrected chi connectivity index (χ3v) is 2.59. The molecule has 0 aliphatic rings. The molecule has 0 aliphatic heterocycles. The Hall–Kier alpha value is -2.37. The van der Waals surface area contributed by atoms with E-state index in [1.807, 2.05) is 6.07 Å². The zero-order chi connectivity index (χ0) is 13.0. The summed E-state index contributed by atoms with van der Waals surface area (Å²) in [7, 11) is 3.54. The molecule has 94 valence electrons. The second-order valence-electron chi connectivity index (χ2n) is 3.95. The molecule has 1 amide bonds. The highest BCUT2D eigenvalue weighted by Gasteiger charge is 2.14. The molecule has 6 heteroatoms. The van der Waals surface area contributed by atoms with E-state index >= 15 is 0 Å². The van der Waals surface area contributed by atoms with Crippen molar-refractivity contribution < 1.29 is 4.79 Å². The second kappa shape index (κ2) is 5.31. The number of hydrogen-bond donors (Lipinski definition) is 2. The summed E-state index contributed by atoms with van der Waals surface area (Å²) in [6.07, 6.45) is 5.08. The molecule has 18 heavy (non-hydrogen) atoms. The van der Waals surface area contributed by atoms with E-state index in [1.54, 1.807) is 43.7 Å². The van der Waals surface area contributed by atoms with Gasteiger partial charge in [0.2, 0.25) is 0 Å². The molecule has 0 aliphatic carbocycles. The molecule has 0 unspecified atom stereocenters. The third-order valence-electron chi connectivity index (χ3n) is 2.59. The molecule has 6 nitrogen and oxygen atoms in total. The fourth-order valence-corrected chi connectivity index (χ4v) is 1.61. The molecule has 0 bridgehead atoms. The van der Waals surface area contributed by atoms with Crippen molar-refractivity contribution in [1.82, 2.24) is 20.1 Å². The maximum Gasteiger partial charge on any atom is 0.272 e. The maximum absolute atomic E-state index is 12.1. The number of amides is 1. The molecule has 2 aromatic rings. The van der Waals surface area contributed by atoms with Crippen LogP contribution in [-0.4, -0.2) is 40.1 Å². The molecule has 0 aromatic carbocycles. The smallest absolute Gasteiger partial charge is 0.272 e. The summed E-state index contributed by atoms with van der Waals surface area (Å²) in [4.78, 5) is 17.8. The van der Waals surface area contributed by atoms with Gasteiger partial charge in [-0.1, -0.05) is 0 Å². The summed E-state index contributed by atoms with van der Waals surface area (Å²) >= 11 is 0. The van der Waals surface area contributed by atoms with E-state index in [-0.39, 0.29) is 5.91 Å². The lowest BCUT2D eigenvalue weighted by Crippen LogP contribution is -2.26. The van der Waals surface area contributed by atoms with Gasteiger partial charge in [0.25, 0.3) is 5.91 Å². The first kappa shape index (κ1) is 12.1. The minimum absolute atomic E-state index is 0.117. The van der Waals surface area contributed by atoms with E-state index in [9.17, 15) is 4.79 Å². The van der Waals surface area contributed by atoms with Crippen LogP contribution in [0.1, 0.15) is 16.1 Å². The number of pyridine rings is 1. The Balaban J connectivity index is 2.10. The first-order valence-electron chi connectivity index (χ1n) is 5.57. The Kier molecular flexibility index (Phi) is 3.57. The number of aromatic amines is 1.